The van der Waals surface area contributed by atoms with E-state index in [0.29, 0.717) is 4.31 Å². The Labute approximate surface area is 224 Å². The molecule has 0 saturated carbocycles. The molecule has 3 aliphatic rings. The maximum atomic E-state index is 13.2. The smallest absolute Gasteiger partial charge is 0.350 e. The van der Waals surface area contributed by atoms with Gasteiger partial charge in [0.1, 0.15) is 18.3 Å². The number of nitrogens with zero attached hydrogens (tertiary/aromatic N) is 6. The maximum absolute atomic E-state index is 13.2. The first-order valence-corrected chi connectivity index (χ1v) is 14.4. The number of oxime groups is 1. The number of carbonyl (C=O) groups excluding carboxylic acids is 1. The molecule has 214 valence electrons. The van der Waals surface area contributed by atoms with Crippen molar-refractivity contribution in [3.8, 4) is 0 Å². The summed E-state index contributed by atoms with van der Waals surface area (Å²) in [6.45, 7) is 1.63. The lowest BCUT2D eigenvalue weighted by Crippen LogP contribution is -2.95. The molecule has 3 aliphatic heterocycles. The zero-order valence-corrected chi connectivity index (χ0v) is 22.4. The highest BCUT2D eigenvalue weighted by Gasteiger charge is 2.79. The summed E-state index contributed by atoms with van der Waals surface area (Å²) >= 11 is 0.968. The number of nitrogens with one attached hydrogen (secondary N) is 2. The van der Waals surface area contributed by atoms with E-state index in [1.54, 1.807) is 0 Å². The average Bonchev–Trinajstić information content (AvgIpc) is 3.41. The van der Waals surface area contributed by atoms with E-state index in [4.69, 9.17) is 20.4 Å². The first-order valence-electron chi connectivity index (χ1n) is 10.6. The minimum absolute atomic E-state index is 0.0495. The van der Waals surface area contributed by atoms with Crippen LogP contribution in [-0.2, 0) is 52.8 Å². The third-order valence-corrected chi connectivity index (χ3v) is 7.74. The second-order valence-corrected chi connectivity index (χ2v) is 12.3. The molecule has 0 aromatic carbocycles. The summed E-state index contributed by atoms with van der Waals surface area (Å²) in [5.74, 6) is -2.32. The first-order chi connectivity index (χ1) is 17.9. The van der Waals surface area contributed by atoms with Gasteiger partial charge in [-0.05, 0) is 13.8 Å². The molecule has 2 aromatic heterocycles. The molecule has 5 heterocycles. The Morgan fingerprint density at radius 1 is 1.36 bits per heavy atom. The van der Waals surface area contributed by atoms with Gasteiger partial charge in [-0.1, -0.05) is 5.16 Å². The van der Waals surface area contributed by atoms with Crippen LogP contribution in [0.5, 0.6) is 0 Å². The maximum Gasteiger partial charge on any atom is 0.350 e. The molecule has 1 amide bonds. The molecule has 0 aliphatic carbocycles. The van der Waals surface area contributed by atoms with E-state index >= 15 is 0 Å². The number of hydrogen-bond acceptors (Lipinski definition) is 14. The Kier molecular flexibility index (Phi) is 7.13. The van der Waals surface area contributed by atoms with Crippen molar-refractivity contribution in [1.82, 2.24) is 34.3 Å². The van der Waals surface area contributed by atoms with E-state index < -0.39 is 68.2 Å². The van der Waals surface area contributed by atoms with Crippen molar-refractivity contribution >= 4 is 54.6 Å². The Bertz CT molecular complexity index is 1550. The Morgan fingerprint density at radius 3 is 2.59 bits per heavy atom. The highest BCUT2D eigenvalue weighted by atomic mass is 32.2. The fourth-order valence-corrected chi connectivity index (χ4v) is 5.48. The molecular weight excluding hydrogens is 588 g/mol. The fraction of sp³-hybridized carbons (Fsp3) is 0.500. The monoisotopic (exact) mass is 610 g/mol. The topological polar surface area (TPSA) is 297 Å². The van der Waals surface area contributed by atoms with Gasteiger partial charge in [0.25, 0.3) is 16.1 Å². The third-order valence-electron chi connectivity index (χ3n) is 5.50. The van der Waals surface area contributed by atoms with Gasteiger partial charge in [-0.15, -0.1) is 15.6 Å². The van der Waals surface area contributed by atoms with Crippen molar-refractivity contribution in [2.24, 2.45) is 10.3 Å². The van der Waals surface area contributed by atoms with E-state index in [1.165, 1.54) is 25.4 Å². The van der Waals surface area contributed by atoms with E-state index in [1.807, 2.05) is 4.72 Å². The normalized spacial score (nSPS) is 23.5. The largest absolute Gasteiger partial charge is 0.478 e. The SMILES string of the molecule is CC(C)(O/N=C(\C(=O)N[C@H]1C2OC1(Cn1ncc(CNS(N)(=O)=O)n1)N2S(=O)(=O)O)c1csc(N)n1)C(=O)O. The minimum Gasteiger partial charge on any atom is -0.478 e. The number of aliphatic carboxylic acids is 1. The van der Waals surface area contributed by atoms with Gasteiger partial charge in [0.05, 0.1) is 18.4 Å². The van der Waals surface area contributed by atoms with Gasteiger partial charge in [0, 0.05) is 5.38 Å². The van der Waals surface area contributed by atoms with Crippen molar-refractivity contribution in [3.05, 3.63) is 23.0 Å². The molecule has 0 radical (unpaired) electrons. The molecule has 2 unspecified atom stereocenters. The van der Waals surface area contributed by atoms with Crippen LogP contribution in [0.4, 0.5) is 5.13 Å². The Hall–Kier alpha value is -3.32. The summed E-state index contributed by atoms with van der Waals surface area (Å²) in [6, 6.07) is -1.07. The van der Waals surface area contributed by atoms with Gasteiger partial charge in [-0.25, -0.2) is 14.9 Å². The molecule has 0 spiro atoms. The quantitative estimate of drug-likeness (QED) is 0.0774. The highest BCUT2D eigenvalue weighted by Crippen LogP contribution is 2.54. The number of aromatic nitrogens is 4. The number of thiazole rings is 1. The zero-order chi connectivity index (χ0) is 29.0. The predicted molar refractivity (Wildman–Crippen MR) is 129 cm³/mol. The lowest BCUT2D eigenvalue weighted by Gasteiger charge is -2.70. The lowest BCUT2D eigenvalue weighted by atomic mass is 9.84. The number of rotatable bonds is 12. The molecule has 23 heteroatoms. The number of anilines is 1. The number of carbonyl (C=O) groups is 2. The predicted octanol–water partition coefficient (Wildman–Crippen LogP) is -3.45. The first kappa shape index (κ1) is 28.7. The van der Waals surface area contributed by atoms with Crippen LogP contribution >= 0.6 is 11.3 Å². The van der Waals surface area contributed by atoms with E-state index in [0.717, 1.165) is 16.1 Å². The Morgan fingerprint density at radius 2 is 2.05 bits per heavy atom. The number of carboxylic acids is 1. The molecule has 3 atom stereocenters. The molecule has 39 heavy (non-hydrogen) atoms. The number of amides is 1. The van der Waals surface area contributed by atoms with Crippen molar-refractivity contribution in [2.75, 3.05) is 5.73 Å². The summed E-state index contributed by atoms with van der Waals surface area (Å²) in [4.78, 5) is 34.5. The van der Waals surface area contributed by atoms with Gasteiger partial charge in [0.2, 0.25) is 5.60 Å². The van der Waals surface area contributed by atoms with Crippen LogP contribution in [-0.4, -0.2) is 92.0 Å². The van der Waals surface area contributed by atoms with E-state index in [-0.39, 0.29) is 23.1 Å². The van der Waals surface area contributed by atoms with Crippen molar-refractivity contribution in [1.29, 1.82) is 0 Å². The third kappa shape index (κ3) is 5.69. The van der Waals surface area contributed by atoms with Crippen LogP contribution < -0.4 is 20.9 Å². The molecule has 2 bridgehead atoms. The molecule has 3 saturated heterocycles. The lowest BCUT2D eigenvalue weighted by molar-refractivity contribution is -0.449. The second kappa shape index (κ2) is 9.70. The number of carboxylic acid groups (broad SMARTS) is 1. The van der Waals surface area contributed by atoms with Crippen molar-refractivity contribution in [2.45, 2.75) is 50.5 Å². The van der Waals surface area contributed by atoms with Crippen molar-refractivity contribution < 1.29 is 45.7 Å². The summed E-state index contributed by atoms with van der Waals surface area (Å²) in [5.41, 5.74) is 1.55. The summed E-state index contributed by atoms with van der Waals surface area (Å²) in [6.07, 6.45) is -0.130. The van der Waals surface area contributed by atoms with Crippen molar-refractivity contribution in [3.63, 3.8) is 0 Å². The summed E-state index contributed by atoms with van der Waals surface area (Å²) < 4.78 is 63.8. The van der Waals surface area contributed by atoms with E-state index in [9.17, 15) is 36.1 Å². The van der Waals surface area contributed by atoms with Crippen LogP contribution in [0.1, 0.15) is 25.2 Å². The number of nitrogens with two attached hydrogens (primary N) is 2. The fourth-order valence-electron chi connectivity index (χ4n) is 3.55. The van der Waals surface area contributed by atoms with Gasteiger partial charge >= 0.3 is 16.3 Å². The van der Waals surface area contributed by atoms with E-state index in [2.05, 4.69) is 25.7 Å². The van der Waals surface area contributed by atoms with Crippen LogP contribution in [0.2, 0.25) is 0 Å². The van der Waals surface area contributed by atoms with Gasteiger partial charge < -0.3 is 25.7 Å². The summed E-state index contributed by atoms with van der Waals surface area (Å²) in [7, 11) is -8.83. The average molecular weight is 611 g/mol. The van der Waals surface area contributed by atoms with Crippen LogP contribution in [0, 0.1) is 0 Å². The molecule has 8 N–H and O–H groups in total. The Balaban J connectivity index is 1.57. The number of nitrogen functional groups attached to an aromatic ring is 1. The van der Waals surface area contributed by atoms with Crippen LogP contribution in [0.3, 0.4) is 0 Å². The van der Waals surface area contributed by atoms with Gasteiger partial charge in [0.15, 0.2) is 22.8 Å². The molecule has 5 rings (SSSR count). The molecule has 20 nitrogen and oxygen atoms in total. The molecule has 3 fully saturated rings. The van der Waals surface area contributed by atoms with Crippen LogP contribution in [0.15, 0.2) is 16.7 Å². The zero-order valence-electron chi connectivity index (χ0n) is 19.9. The second-order valence-electron chi connectivity index (χ2n) is 8.73. The van der Waals surface area contributed by atoms with Crippen LogP contribution in [0.25, 0.3) is 0 Å². The standard InChI is InChI=1S/C16H22N10O10S3/c1-15(2,13(28)29)36-24-9(8-5-37-14(17)21-8)11(27)22-10-12-26(39(32,33)34)16(10,35-12)6-25-19-3-7(23-25)4-20-38(18,30)31/h3,5,10,12,20H,4,6H2,1-2H3,(H2,17,21)(H,22,27)(H,28,29)(H2,18,30,31)(H,32,33,34)/b24-9-/t10-,12?,16?/m0/s1. The molecular formula is C16H22N10O10S3. The number of hydrogen-bond donors (Lipinski definition) is 6. The molecule has 2 aromatic rings. The number of ether oxygens (including phenoxy) is 1. The van der Waals surface area contributed by atoms with Gasteiger partial charge in [-0.3, -0.25) is 9.35 Å². The highest BCUT2D eigenvalue weighted by molar-refractivity contribution is 7.87. The summed E-state index contributed by atoms with van der Waals surface area (Å²) in [5, 5.41) is 29.7. The van der Waals surface area contributed by atoms with Gasteiger partial charge in [-0.2, -0.15) is 36.6 Å². The minimum atomic E-state index is -4.81.